The van der Waals surface area contributed by atoms with Gasteiger partial charge >= 0.3 is 0 Å². The fourth-order valence-corrected chi connectivity index (χ4v) is 2.77. The van der Waals surface area contributed by atoms with Gasteiger partial charge in [0.2, 0.25) is 0 Å². The summed E-state index contributed by atoms with van der Waals surface area (Å²) in [6, 6.07) is 7.27. The van der Waals surface area contributed by atoms with E-state index in [4.69, 9.17) is 0 Å². The van der Waals surface area contributed by atoms with E-state index in [1.54, 1.807) is 0 Å². The Morgan fingerprint density at radius 3 is 1.94 bits per heavy atom. The molecule has 0 atom stereocenters. The first-order valence-electron chi connectivity index (χ1n) is 6.65. The van der Waals surface area contributed by atoms with Crippen molar-refractivity contribution in [3.8, 4) is 0 Å². The highest BCUT2D eigenvalue weighted by atomic mass is 15.3. The van der Waals surface area contributed by atoms with Crippen LogP contribution >= 0.6 is 0 Å². The van der Waals surface area contributed by atoms with E-state index in [1.807, 2.05) is 0 Å². The van der Waals surface area contributed by atoms with E-state index in [2.05, 4.69) is 55.7 Å². The highest BCUT2D eigenvalue weighted by Gasteiger charge is 2.20. The van der Waals surface area contributed by atoms with Crippen molar-refractivity contribution in [2.24, 2.45) is 0 Å². The normalized spacial score (nSPS) is 17.8. The van der Waals surface area contributed by atoms with E-state index in [-0.39, 0.29) is 0 Å². The summed E-state index contributed by atoms with van der Waals surface area (Å²) in [4.78, 5) is 5.10. The maximum atomic E-state index is 2.56. The molecule has 0 aliphatic carbocycles. The molecule has 2 rings (SSSR count). The molecule has 1 heterocycles. The van der Waals surface area contributed by atoms with Crippen LogP contribution in [0.2, 0.25) is 0 Å². The third-order valence-corrected chi connectivity index (χ3v) is 3.80. The molecule has 0 saturated carbocycles. The van der Waals surface area contributed by atoms with Gasteiger partial charge in [-0.1, -0.05) is 18.2 Å². The van der Waals surface area contributed by atoms with Crippen LogP contribution in [-0.4, -0.2) is 37.1 Å². The Morgan fingerprint density at radius 2 is 1.47 bits per heavy atom. The van der Waals surface area contributed by atoms with Crippen LogP contribution in [0.1, 0.15) is 25.0 Å². The van der Waals surface area contributed by atoms with Crippen molar-refractivity contribution in [2.45, 2.75) is 33.7 Å². The fourth-order valence-electron chi connectivity index (χ4n) is 2.77. The lowest BCUT2D eigenvalue weighted by Gasteiger charge is -2.39. The van der Waals surface area contributed by atoms with Crippen LogP contribution in [0.3, 0.4) is 0 Å². The van der Waals surface area contributed by atoms with Crippen LogP contribution in [0.4, 0.5) is 5.69 Å². The summed E-state index contributed by atoms with van der Waals surface area (Å²) in [5.41, 5.74) is 4.27. The first kappa shape index (κ1) is 12.4. The topological polar surface area (TPSA) is 6.48 Å². The van der Waals surface area contributed by atoms with Crippen LogP contribution < -0.4 is 4.90 Å². The Hall–Kier alpha value is -1.02. The van der Waals surface area contributed by atoms with Crippen molar-refractivity contribution in [3.05, 3.63) is 29.3 Å². The Bertz CT molecular complexity index is 356. The van der Waals surface area contributed by atoms with E-state index < -0.39 is 0 Å². The maximum absolute atomic E-state index is 2.56. The Balaban J connectivity index is 2.11. The number of piperazine rings is 1. The highest BCUT2D eigenvalue weighted by Crippen LogP contribution is 2.25. The number of benzene rings is 1. The van der Waals surface area contributed by atoms with Crippen LogP contribution in [-0.2, 0) is 0 Å². The summed E-state index contributed by atoms with van der Waals surface area (Å²) >= 11 is 0. The minimum Gasteiger partial charge on any atom is -0.369 e. The number of para-hydroxylation sites is 1. The average molecular weight is 232 g/mol. The molecule has 1 aliphatic rings. The molecule has 0 bridgehead atoms. The van der Waals surface area contributed by atoms with Crippen molar-refractivity contribution in [3.63, 3.8) is 0 Å². The smallest absolute Gasteiger partial charge is 0.0426 e. The molecule has 1 aromatic carbocycles. The van der Waals surface area contributed by atoms with Gasteiger partial charge in [-0.2, -0.15) is 0 Å². The van der Waals surface area contributed by atoms with Crippen LogP contribution in [0.15, 0.2) is 18.2 Å². The van der Waals surface area contributed by atoms with Gasteiger partial charge in [-0.05, 0) is 38.8 Å². The molecule has 17 heavy (non-hydrogen) atoms. The number of hydrogen-bond donors (Lipinski definition) is 0. The van der Waals surface area contributed by atoms with Gasteiger partial charge in [0.05, 0.1) is 0 Å². The van der Waals surface area contributed by atoms with Gasteiger partial charge in [0.1, 0.15) is 0 Å². The number of anilines is 1. The lowest BCUT2D eigenvalue weighted by Crippen LogP contribution is -2.49. The van der Waals surface area contributed by atoms with Gasteiger partial charge in [0.25, 0.3) is 0 Å². The van der Waals surface area contributed by atoms with E-state index >= 15 is 0 Å². The monoisotopic (exact) mass is 232 g/mol. The molecule has 1 aliphatic heterocycles. The van der Waals surface area contributed by atoms with E-state index in [0.717, 1.165) is 13.1 Å². The molecule has 0 aromatic heterocycles. The maximum Gasteiger partial charge on any atom is 0.0426 e. The molecule has 94 valence electrons. The third kappa shape index (κ3) is 2.63. The minimum absolute atomic E-state index is 0.676. The predicted octanol–water partition coefficient (Wildman–Crippen LogP) is 2.83. The van der Waals surface area contributed by atoms with Crippen molar-refractivity contribution >= 4 is 5.69 Å². The van der Waals surface area contributed by atoms with Gasteiger partial charge < -0.3 is 4.90 Å². The fraction of sp³-hybridized carbons (Fsp3) is 0.600. The predicted molar refractivity (Wildman–Crippen MR) is 74.8 cm³/mol. The van der Waals surface area contributed by atoms with E-state index in [0.29, 0.717) is 6.04 Å². The van der Waals surface area contributed by atoms with Gasteiger partial charge in [0.15, 0.2) is 0 Å². The SMILES string of the molecule is Cc1cccc(C)c1N1CCN(C(C)C)CC1. The van der Waals surface area contributed by atoms with Gasteiger partial charge in [-0.3, -0.25) is 4.90 Å². The van der Waals surface area contributed by atoms with Crippen molar-refractivity contribution in [1.82, 2.24) is 4.90 Å². The molecule has 0 radical (unpaired) electrons. The summed E-state index contributed by atoms with van der Waals surface area (Å²) in [6.07, 6.45) is 0. The molecular formula is C15H24N2. The largest absolute Gasteiger partial charge is 0.369 e. The van der Waals surface area contributed by atoms with Crippen molar-refractivity contribution in [1.29, 1.82) is 0 Å². The summed E-state index contributed by atoms with van der Waals surface area (Å²) in [5.74, 6) is 0. The minimum atomic E-state index is 0.676. The second kappa shape index (κ2) is 5.09. The van der Waals surface area contributed by atoms with Crippen LogP contribution in [0.5, 0.6) is 0 Å². The van der Waals surface area contributed by atoms with Crippen LogP contribution in [0.25, 0.3) is 0 Å². The lowest BCUT2D eigenvalue weighted by atomic mass is 10.1. The van der Waals surface area contributed by atoms with Gasteiger partial charge in [0, 0.05) is 37.9 Å². The highest BCUT2D eigenvalue weighted by molar-refractivity contribution is 5.59. The zero-order valence-corrected chi connectivity index (χ0v) is 11.5. The molecule has 0 N–H and O–H groups in total. The second-order valence-electron chi connectivity index (χ2n) is 5.36. The number of nitrogens with zero attached hydrogens (tertiary/aromatic N) is 2. The average Bonchev–Trinajstić information content (AvgIpc) is 2.29. The summed E-state index contributed by atoms with van der Waals surface area (Å²) in [7, 11) is 0. The summed E-state index contributed by atoms with van der Waals surface area (Å²) in [5, 5.41) is 0. The Labute approximate surface area is 105 Å². The quantitative estimate of drug-likeness (QED) is 0.773. The molecule has 2 heteroatoms. The van der Waals surface area contributed by atoms with E-state index in [1.165, 1.54) is 29.9 Å². The Kier molecular flexibility index (Phi) is 3.72. The third-order valence-electron chi connectivity index (χ3n) is 3.80. The zero-order valence-electron chi connectivity index (χ0n) is 11.5. The lowest BCUT2D eigenvalue weighted by molar-refractivity contribution is 0.209. The first-order chi connectivity index (χ1) is 8.09. The molecular weight excluding hydrogens is 208 g/mol. The molecule has 2 nitrogen and oxygen atoms in total. The zero-order chi connectivity index (χ0) is 12.4. The molecule has 1 aromatic rings. The van der Waals surface area contributed by atoms with E-state index in [9.17, 15) is 0 Å². The van der Waals surface area contributed by atoms with Crippen molar-refractivity contribution < 1.29 is 0 Å². The Morgan fingerprint density at radius 1 is 0.941 bits per heavy atom. The first-order valence-corrected chi connectivity index (χ1v) is 6.65. The van der Waals surface area contributed by atoms with Gasteiger partial charge in [-0.25, -0.2) is 0 Å². The molecule has 1 fully saturated rings. The standard InChI is InChI=1S/C15H24N2/c1-12(2)16-8-10-17(11-9-16)15-13(3)6-5-7-14(15)4/h5-7,12H,8-11H2,1-4H3. The second-order valence-corrected chi connectivity index (χ2v) is 5.36. The molecule has 0 spiro atoms. The number of aryl methyl sites for hydroxylation is 2. The molecule has 1 saturated heterocycles. The van der Waals surface area contributed by atoms with Crippen molar-refractivity contribution in [2.75, 3.05) is 31.1 Å². The molecule has 0 amide bonds. The van der Waals surface area contributed by atoms with Gasteiger partial charge in [-0.15, -0.1) is 0 Å². The summed E-state index contributed by atoms with van der Waals surface area (Å²) in [6.45, 7) is 13.7. The molecule has 0 unspecified atom stereocenters. The van der Waals surface area contributed by atoms with Crippen LogP contribution in [0, 0.1) is 13.8 Å². The number of rotatable bonds is 2. The number of hydrogen-bond acceptors (Lipinski definition) is 2. The summed E-state index contributed by atoms with van der Waals surface area (Å²) < 4.78 is 0.